The highest BCUT2D eigenvalue weighted by Gasteiger charge is 2.20. The molecule has 0 bridgehead atoms. The first-order valence-electron chi connectivity index (χ1n) is 6.74. The van der Waals surface area contributed by atoms with Gasteiger partial charge in [0.15, 0.2) is 5.52 Å². The maximum absolute atomic E-state index is 12.3. The van der Waals surface area contributed by atoms with E-state index in [-0.39, 0.29) is 5.56 Å². The summed E-state index contributed by atoms with van der Waals surface area (Å²) in [5, 5.41) is 4.18. The second-order valence-corrected chi connectivity index (χ2v) is 5.35. The minimum absolute atomic E-state index is 0.0359. The second-order valence-electron chi connectivity index (χ2n) is 5.35. The first kappa shape index (κ1) is 12.3. The number of rotatable bonds is 3. The largest absolute Gasteiger partial charge is 0.303 e. The van der Waals surface area contributed by atoms with E-state index in [0.29, 0.717) is 23.6 Å². The van der Waals surface area contributed by atoms with Crippen molar-refractivity contribution in [2.45, 2.75) is 31.8 Å². The molecule has 6 nitrogen and oxygen atoms in total. The van der Waals surface area contributed by atoms with Crippen molar-refractivity contribution in [2.75, 3.05) is 13.6 Å². The summed E-state index contributed by atoms with van der Waals surface area (Å²) < 4.78 is 3.32. The fourth-order valence-electron chi connectivity index (χ4n) is 2.83. The molecule has 3 rings (SSSR count). The van der Waals surface area contributed by atoms with Gasteiger partial charge in [-0.3, -0.25) is 14.0 Å². The molecule has 2 aromatic heterocycles. The lowest BCUT2D eigenvalue weighted by atomic mass is 10.1. The molecule has 1 atom stereocenters. The number of likely N-dealkylation sites (tertiary alicyclic amines) is 1. The Morgan fingerprint density at radius 2 is 2.26 bits per heavy atom. The molecule has 1 unspecified atom stereocenters. The van der Waals surface area contributed by atoms with Crippen molar-refractivity contribution >= 4 is 11.0 Å². The van der Waals surface area contributed by atoms with E-state index in [1.807, 2.05) is 0 Å². The quantitative estimate of drug-likeness (QED) is 0.812. The number of hydrogen-bond acceptors (Lipinski definition) is 4. The highest BCUT2D eigenvalue weighted by molar-refractivity contribution is 5.71. The summed E-state index contributed by atoms with van der Waals surface area (Å²) in [6.07, 6.45) is 6.89. The third-order valence-corrected chi connectivity index (χ3v) is 3.98. The Morgan fingerprint density at radius 1 is 1.42 bits per heavy atom. The van der Waals surface area contributed by atoms with Crippen molar-refractivity contribution in [3.05, 3.63) is 22.9 Å². The summed E-state index contributed by atoms with van der Waals surface area (Å²) in [4.78, 5) is 18.9. The van der Waals surface area contributed by atoms with Gasteiger partial charge in [0.25, 0.3) is 5.56 Å². The average Bonchev–Trinajstić information content (AvgIpc) is 2.95. The number of aryl methyl sites for hydroxylation is 2. The molecule has 3 heterocycles. The van der Waals surface area contributed by atoms with Gasteiger partial charge in [-0.15, -0.1) is 0 Å². The Morgan fingerprint density at radius 3 is 3.00 bits per heavy atom. The van der Waals surface area contributed by atoms with Crippen LogP contribution in [-0.2, 0) is 13.6 Å². The summed E-state index contributed by atoms with van der Waals surface area (Å²) in [6, 6.07) is 0.589. The topological polar surface area (TPSA) is 56.0 Å². The van der Waals surface area contributed by atoms with Crippen LogP contribution in [0.15, 0.2) is 17.3 Å². The van der Waals surface area contributed by atoms with Crippen LogP contribution in [0.4, 0.5) is 0 Å². The molecule has 0 amide bonds. The molecule has 0 aromatic carbocycles. The van der Waals surface area contributed by atoms with Gasteiger partial charge in [0, 0.05) is 19.6 Å². The van der Waals surface area contributed by atoms with Crippen LogP contribution in [-0.4, -0.2) is 43.9 Å². The fourth-order valence-corrected chi connectivity index (χ4v) is 2.83. The van der Waals surface area contributed by atoms with Crippen LogP contribution >= 0.6 is 0 Å². The lowest BCUT2D eigenvalue weighted by Crippen LogP contribution is -2.28. The molecule has 0 N–H and O–H groups in total. The van der Waals surface area contributed by atoms with Crippen LogP contribution in [0, 0.1) is 0 Å². The van der Waals surface area contributed by atoms with E-state index >= 15 is 0 Å². The van der Waals surface area contributed by atoms with Crippen molar-refractivity contribution in [1.82, 2.24) is 24.2 Å². The van der Waals surface area contributed by atoms with Gasteiger partial charge in [-0.1, -0.05) is 0 Å². The third kappa shape index (κ3) is 2.28. The zero-order valence-corrected chi connectivity index (χ0v) is 11.4. The molecule has 0 radical (unpaired) electrons. The first-order chi connectivity index (χ1) is 9.15. The molecule has 0 saturated carbocycles. The molecule has 102 valence electrons. The molecule has 1 aliphatic heterocycles. The van der Waals surface area contributed by atoms with E-state index in [1.165, 1.54) is 12.8 Å². The first-order valence-corrected chi connectivity index (χ1v) is 6.74. The third-order valence-electron chi connectivity index (χ3n) is 3.98. The van der Waals surface area contributed by atoms with Gasteiger partial charge in [0.05, 0.1) is 12.5 Å². The Hall–Kier alpha value is -1.69. The predicted octanol–water partition coefficient (Wildman–Crippen LogP) is 0.614. The molecule has 1 aliphatic rings. The Labute approximate surface area is 111 Å². The van der Waals surface area contributed by atoms with Crippen LogP contribution in [0.2, 0.25) is 0 Å². The molecule has 19 heavy (non-hydrogen) atoms. The van der Waals surface area contributed by atoms with Gasteiger partial charge < -0.3 is 4.90 Å². The second kappa shape index (κ2) is 4.77. The van der Waals surface area contributed by atoms with Gasteiger partial charge in [0.2, 0.25) is 0 Å². The zero-order chi connectivity index (χ0) is 13.4. The molecule has 0 aliphatic carbocycles. The van der Waals surface area contributed by atoms with Gasteiger partial charge in [-0.25, -0.2) is 4.98 Å². The lowest BCUT2D eigenvalue weighted by Gasteiger charge is -2.19. The summed E-state index contributed by atoms with van der Waals surface area (Å²) in [7, 11) is 3.96. The minimum atomic E-state index is -0.0359. The normalized spacial score (nSPS) is 20.4. The van der Waals surface area contributed by atoms with Crippen LogP contribution in [0.1, 0.15) is 19.3 Å². The van der Waals surface area contributed by atoms with Crippen LogP contribution in [0.3, 0.4) is 0 Å². The van der Waals surface area contributed by atoms with Crippen molar-refractivity contribution in [3.8, 4) is 0 Å². The fraction of sp³-hybridized carbons (Fsp3) is 0.615. The average molecular weight is 261 g/mol. The molecule has 1 saturated heterocycles. The standard InChI is InChI=1S/C13H19N5O/c1-16-6-3-4-10(16)5-7-18-9-14-11-8-17(2)15-12(11)13(18)19/h8-10H,3-7H2,1-2H3. The number of aromatic nitrogens is 4. The van der Waals surface area contributed by atoms with E-state index < -0.39 is 0 Å². The Balaban J connectivity index is 1.81. The highest BCUT2D eigenvalue weighted by atomic mass is 16.1. The zero-order valence-electron chi connectivity index (χ0n) is 11.4. The maximum Gasteiger partial charge on any atom is 0.281 e. The van der Waals surface area contributed by atoms with Crippen LogP contribution in [0.5, 0.6) is 0 Å². The van der Waals surface area contributed by atoms with E-state index in [4.69, 9.17) is 0 Å². The molecular weight excluding hydrogens is 242 g/mol. The summed E-state index contributed by atoms with van der Waals surface area (Å²) in [6.45, 7) is 1.88. The smallest absolute Gasteiger partial charge is 0.281 e. The number of nitrogens with zero attached hydrogens (tertiary/aromatic N) is 5. The van der Waals surface area contributed by atoms with E-state index in [1.54, 1.807) is 28.8 Å². The minimum Gasteiger partial charge on any atom is -0.303 e. The summed E-state index contributed by atoms with van der Waals surface area (Å²) in [5.41, 5.74) is 1.10. The molecule has 6 heteroatoms. The van der Waals surface area contributed by atoms with Crippen LogP contribution < -0.4 is 5.56 Å². The predicted molar refractivity (Wildman–Crippen MR) is 73.0 cm³/mol. The van der Waals surface area contributed by atoms with Crippen molar-refractivity contribution < 1.29 is 0 Å². The van der Waals surface area contributed by atoms with Crippen LogP contribution in [0.25, 0.3) is 11.0 Å². The van der Waals surface area contributed by atoms with Crippen molar-refractivity contribution in [1.29, 1.82) is 0 Å². The monoisotopic (exact) mass is 261 g/mol. The molecular formula is C13H19N5O. The molecule has 1 fully saturated rings. The van der Waals surface area contributed by atoms with E-state index in [9.17, 15) is 4.79 Å². The lowest BCUT2D eigenvalue weighted by molar-refractivity contribution is 0.285. The SMILES string of the molecule is CN1CCCC1CCn1cnc2cn(C)nc2c1=O. The summed E-state index contributed by atoms with van der Waals surface area (Å²) in [5.74, 6) is 0. The van der Waals surface area contributed by atoms with Gasteiger partial charge in [-0.2, -0.15) is 5.10 Å². The van der Waals surface area contributed by atoms with Crippen molar-refractivity contribution in [2.24, 2.45) is 7.05 Å². The Kier molecular flexibility index (Phi) is 3.10. The van der Waals surface area contributed by atoms with Gasteiger partial charge >= 0.3 is 0 Å². The van der Waals surface area contributed by atoms with Gasteiger partial charge in [0.1, 0.15) is 5.52 Å². The van der Waals surface area contributed by atoms with Crippen molar-refractivity contribution in [3.63, 3.8) is 0 Å². The highest BCUT2D eigenvalue weighted by Crippen LogP contribution is 2.18. The van der Waals surface area contributed by atoms with E-state index in [2.05, 4.69) is 22.0 Å². The maximum atomic E-state index is 12.3. The van der Waals surface area contributed by atoms with E-state index in [0.717, 1.165) is 13.0 Å². The molecule has 0 spiro atoms. The number of fused-ring (bicyclic) bond motifs is 1. The molecule has 2 aromatic rings. The Bertz CT molecular complexity index is 644. The van der Waals surface area contributed by atoms with Gasteiger partial charge in [-0.05, 0) is 32.9 Å². The summed E-state index contributed by atoms with van der Waals surface area (Å²) >= 11 is 0. The number of hydrogen-bond donors (Lipinski definition) is 0.